The first-order valence-electron chi connectivity index (χ1n) is 16.7. The van der Waals surface area contributed by atoms with Gasteiger partial charge in [0.05, 0.1) is 28.7 Å². The van der Waals surface area contributed by atoms with Crippen LogP contribution < -0.4 is 15.1 Å². The van der Waals surface area contributed by atoms with Gasteiger partial charge < -0.3 is 15.2 Å². The highest BCUT2D eigenvalue weighted by Crippen LogP contribution is 2.36. The zero-order valence-corrected chi connectivity index (χ0v) is 29.4. The van der Waals surface area contributed by atoms with Crippen LogP contribution in [0.3, 0.4) is 0 Å². The van der Waals surface area contributed by atoms with Gasteiger partial charge in [0.25, 0.3) is 5.91 Å². The van der Waals surface area contributed by atoms with E-state index in [1.807, 2.05) is 45.0 Å². The fraction of sp³-hybridized carbons (Fsp3) is 0.459. The molecule has 1 aliphatic heterocycles. The molecule has 10 heteroatoms. The minimum Gasteiger partial charge on any atom is -0.508 e. The number of hydrazone groups is 1. The number of phenols is 1. The third-order valence-electron chi connectivity index (χ3n) is 8.03. The van der Waals surface area contributed by atoms with Gasteiger partial charge in [-0.05, 0) is 60.4 Å². The molecule has 2 N–H and O–H groups in total. The number of aromatic hydroxyl groups is 1. The molecule has 0 radical (unpaired) electrons. The molecule has 0 fully saturated rings. The second kappa shape index (κ2) is 17.5. The molecule has 3 aromatic rings. The number of anilines is 2. The summed E-state index contributed by atoms with van der Waals surface area (Å²) in [5.74, 6) is 0.647. The van der Waals surface area contributed by atoms with E-state index in [1.165, 1.54) is 56.4 Å². The number of azo groups is 1. The predicted octanol–water partition coefficient (Wildman–Crippen LogP) is 11.2. The molecule has 0 spiro atoms. The number of nitrogens with one attached hydrogen (secondary N) is 1. The lowest BCUT2D eigenvalue weighted by Gasteiger charge is -2.20. The topological polar surface area (TPSA) is 98.9 Å². The van der Waals surface area contributed by atoms with Gasteiger partial charge in [-0.15, -0.1) is 5.10 Å². The summed E-state index contributed by atoms with van der Waals surface area (Å²) in [6.07, 6.45) is 12.5. The van der Waals surface area contributed by atoms with Gasteiger partial charge in [-0.2, -0.15) is 15.2 Å². The van der Waals surface area contributed by atoms with Gasteiger partial charge in [-0.1, -0.05) is 121 Å². The number of unbranched alkanes of at least 4 members (excludes halogenated alkanes) is 9. The number of amides is 1. The molecule has 0 aromatic heterocycles. The van der Waals surface area contributed by atoms with Crippen molar-refractivity contribution < 1.29 is 14.6 Å². The molecule has 0 aliphatic carbocycles. The largest absolute Gasteiger partial charge is 0.508 e. The maximum Gasteiger partial charge on any atom is 0.282 e. The van der Waals surface area contributed by atoms with E-state index < -0.39 is 11.9 Å². The first kappa shape index (κ1) is 36.2. The monoisotopic (exact) mass is 679 g/mol. The Morgan fingerprint density at radius 2 is 1.60 bits per heavy atom. The van der Waals surface area contributed by atoms with E-state index in [0.717, 1.165) is 18.4 Å². The minimum absolute atomic E-state index is 0.175. The molecule has 1 aliphatic rings. The Balaban J connectivity index is 1.48. The zero-order valence-electron chi connectivity index (χ0n) is 27.9. The number of rotatable bonds is 16. The van der Waals surface area contributed by atoms with Crippen molar-refractivity contribution in [3.63, 3.8) is 0 Å². The van der Waals surface area contributed by atoms with Gasteiger partial charge >= 0.3 is 0 Å². The summed E-state index contributed by atoms with van der Waals surface area (Å²) < 4.78 is 6.18. The predicted molar refractivity (Wildman–Crippen MR) is 194 cm³/mol. The van der Waals surface area contributed by atoms with Crippen LogP contribution in [0.15, 0.2) is 76.0 Å². The molecule has 47 heavy (non-hydrogen) atoms. The molecular formula is C37H47Cl2N5O3. The van der Waals surface area contributed by atoms with Crippen molar-refractivity contribution in [1.29, 1.82) is 0 Å². The van der Waals surface area contributed by atoms with E-state index in [-0.39, 0.29) is 17.0 Å². The van der Waals surface area contributed by atoms with Crippen molar-refractivity contribution in [2.45, 2.75) is 103 Å². The summed E-state index contributed by atoms with van der Waals surface area (Å²) in [5, 5.41) is 29.1. The molecule has 0 saturated carbocycles. The van der Waals surface area contributed by atoms with E-state index in [9.17, 15) is 9.90 Å². The maximum absolute atomic E-state index is 13.8. The Morgan fingerprint density at radius 1 is 0.915 bits per heavy atom. The van der Waals surface area contributed by atoms with Crippen molar-refractivity contribution in [3.05, 3.63) is 76.3 Å². The second-order valence-corrected chi connectivity index (χ2v) is 13.8. The van der Waals surface area contributed by atoms with Crippen LogP contribution >= 0.6 is 23.2 Å². The zero-order chi connectivity index (χ0) is 33.8. The fourth-order valence-electron chi connectivity index (χ4n) is 5.38. The summed E-state index contributed by atoms with van der Waals surface area (Å²) in [6.45, 7) is 8.84. The maximum atomic E-state index is 13.8. The SMILES string of the molecule is CCCCCCCCCCCCOc1ccccc1NC1=NN(c2cc(Cl)ccc2Cl)C(=O)C1/N=N/c1ccc(O)c(C(C)(C)C)c1. The molecule has 1 amide bonds. The molecule has 1 atom stereocenters. The number of nitrogens with zero attached hydrogens (tertiary/aromatic N) is 4. The van der Waals surface area contributed by atoms with E-state index in [2.05, 4.69) is 27.6 Å². The Morgan fingerprint density at radius 3 is 2.30 bits per heavy atom. The number of halogens is 2. The second-order valence-electron chi connectivity index (χ2n) is 13.0. The quantitative estimate of drug-likeness (QED) is 0.116. The molecule has 1 unspecified atom stereocenters. The van der Waals surface area contributed by atoms with Gasteiger partial charge in [-0.3, -0.25) is 4.79 Å². The number of carbonyl (C=O) groups excluding carboxylic acids is 1. The van der Waals surface area contributed by atoms with Crippen LogP contribution in [-0.2, 0) is 10.2 Å². The summed E-state index contributed by atoms with van der Waals surface area (Å²) in [5.41, 5.74) is 1.90. The lowest BCUT2D eigenvalue weighted by atomic mass is 9.86. The number of carbonyl (C=O) groups is 1. The van der Waals surface area contributed by atoms with Crippen LogP contribution in [0.1, 0.15) is 97.5 Å². The molecular weight excluding hydrogens is 633 g/mol. The fourth-order valence-corrected chi connectivity index (χ4v) is 5.74. The highest BCUT2D eigenvalue weighted by Gasteiger charge is 2.39. The Bertz CT molecular complexity index is 1550. The number of para-hydroxylation sites is 2. The van der Waals surface area contributed by atoms with Crippen LogP contribution in [0.4, 0.5) is 17.1 Å². The molecule has 8 nitrogen and oxygen atoms in total. The standard InChI is InChI=1S/C37H47Cl2N5O3/c1-5-6-7-8-9-10-11-12-13-16-23-47-33-18-15-14-17-30(33)40-35-34(36(46)44(43-35)31-24-26(38)19-21-29(31)39)42-41-27-20-22-32(45)28(25-27)37(2,3)4/h14-15,17-22,24-25,34,45H,5-13,16,23H2,1-4H3,(H,40,43)/b42-41+. The molecule has 0 bridgehead atoms. The first-order chi connectivity index (χ1) is 22.6. The summed E-state index contributed by atoms with van der Waals surface area (Å²) in [6, 6.07) is 16.3. The normalized spacial score (nSPS) is 15.0. The van der Waals surface area contributed by atoms with E-state index >= 15 is 0 Å². The van der Waals surface area contributed by atoms with E-state index in [1.54, 1.807) is 36.4 Å². The molecule has 4 rings (SSSR count). The number of ether oxygens (including phenoxy) is 1. The number of benzene rings is 3. The van der Waals surface area contributed by atoms with Gasteiger partial charge in [-0.25, -0.2) is 0 Å². The van der Waals surface area contributed by atoms with Gasteiger partial charge in [0.2, 0.25) is 6.04 Å². The Labute approximate surface area is 289 Å². The van der Waals surface area contributed by atoms with Gasteiger partial charge in [0.1, 0.15) is 11.5 Å². The minimum atomic E-state index is -1.09. The molecule has 1 heterocycles. The average Bonchev–Trinajstić information content (AvgIpc) is 3.34. The van der Waals surface area contributed by atoms with Crippen molar-refractivity contribution >= 4 is 52.0 Å². The van der Waals surface area contributed by atoms with E-state index in [0.29, 0.717) is 39.5 Å². The molecule has 252 valence electrons. The van der Waals surface area contributed by atoms with Crippen LogP contribution in [-0.4, -0.2) is 29.5 Å². The summed E-state index contributed by atoms with van der Waals surface area (Å²) in [7, 11) is 0. The average molecular weight is 681 g/mol. The van der Waals surface area contributed by atoms with Crippen molar-refractivity contribution in [1.82, 2.24) is 0 Å². The van der Waals surface area contributed by atoms with Gasteiger partial charge in [0, 0.05) is 10.6 Å². The Kier molecular flexibility index (Phi) is 13.5. The van der Waals surface area contributed by atoms with Crippen molar-refractivity contribution in [2.75, 3.05) is 16.9 Å². The number of amidine groups is 1. The Hall–Kier alpha value is -3.62. The number of hydrogen-bond donors (Lipinski definition) is 2. The van der Waals surface area contributed by atoms with Crippen molar-refractivity contribution in [3.8, 4) is 11.5 Å². The molecule has 3 aromatic carbocycles. The lowest BCUT2D eigenvalue weighted by molar-refractivity contribution is -0.117. The van der Waals surface area contributed by atoms with Crippen molar-refractivity contribution in [2.24, 2.45) is 15.3 Å². The third-order valence-corrected chi connectivity index (χ3v) is 8.58. The molecule has 0 saturated heterocycles. The summed E-state index contributed by atoms with van der Waals surface area (Å²) >= 11 is 12.7. The third kappa shape index (κ3) is 10.4. The van der Waals surface area contributed by atoms with Crippen LogP contribution in [0, 0.1) is 0 Å². The highest BCUT2D eigenvalue weighted by molar-refractivity contribution is 6.36. The lowest BCUT2D eigenvalue weighted by Crippen LogP contribution is -2.33. The van der Waals surface area contributed by atoms with Crippen LogP contribution in [0.25, 0.3) is 0 Å². The van der Waals surface area contributed by atoms with Crippen LogP contribution in [0.2, 0.25) is 10.0 Å². The smallest absolute Gasteiger partial charge is 0.282 e. The number of phenolic OH excluding ortho intramolecular Hbond substituents is 1. The van der Waals surface area contributed by atoms with E-state index in [4.69, 9.17) is 27.9 Å². The highest BCUT2D eigenvalue weighted by atomic mass is 35.5. The first-order valence-corrected chi connectivity index (χ1v) is 17.4. The number of hydrogen-bond acceptors (Lipinski definition) is 7. The summed E-state index contributed by atoms with van der Waals surface area (Å²) in [4.78, 5) is 13.8. The van der Waals surface area contributed by atoms with Crippen LogP contribution in [0.5, 0.6) is 11.5 Å². The van der Waals surface area contributed by atoms with Gasteiger partial charge in [0.15, 0.2) is 5.84 Å².